The van der Waals surface area contributed by atoms with E-state index in [4.69, 9.17) is 9.15 Å². The summed E-state index contributed by atoms with van der Waals surface area (Å²) >= 11 is 0. The highest BCUT2D eigenvalue weighted by molar-refractivity contribution is 5.94. The van der Waals surface area contributed by atoms with Crippen LogP contribution in [0, 0.1) is 13.8 Å². The number of amides is 1. The average molecular weight is 393 g/mol. The largest absolute Gasteiger partial charge is 0.451 e. The van der Waals surface area contributed by atoms with Crippen molar-refractivity contribution in [3.63, 3.8) is 0 Å². The van der Waals surface area contributed by atoms with Gasteiger partial charge in [-0.1, -0.05) is 6.07 Å². The van der Waals surface area contributed by atoms with Gasteiger partial charge in [-0.3, -0.25) is 9.59 Å². The molecule has 4 rings (SSSR count). The Morgan fingerprint density at radius 3 is 2.52 bits per heavy atom. The molecule has 0 radical (unpaired) electrons. The molecule has 3 heterocycles. The molecular formula is C20H25ClN2O4. The van der Waals surface area contributed by atoms with Gasteiger partial charge in [-0.2, -0.15) is 0 Å². The number of likely N-dealkylation sites (tertiary alicyclic amines) is 1. The van der Waals surface area contributed by atoms with Crippen molar-refractivity contribution >= 4 is 29.3 Å². The third kappa shape index (κ3) is 3.37. The number of hydrogen-bond acceptors (Lipinski definition) is 5. The zero-order chi connectivity index (χ0) is 18.5. The Hall–Kier alpha value is -1.89. The fraction of sp³-hybridized carbons (Fsp3) is 0.500. The molecule has 0 N–H and O–H groups in total. The van der Waals surface area contributed by atoms with E-state index < -0.39 is 5.72 Å². The molecule has 1 spiro atoms. The summed E-state index contributed by atoms with van der Waals surface area (Å²) in [6, 6.07) is 5.09. The smallest absolute Gasteiger partial charge is 0.292 e. The van der Waals surface area contributed by atoms with Crippen molar-refractivity contribution in [2.24, 2.45) is 0 Å². The molecule has 0 saturated carbocycles. The lowest BCUT2D eigenvalue weighted by Gasteiger charge is -2.42. The Morgan fingerprint density at radius 1 is 1.11 bits per heavy atom. The van der Waals surface area contributed by atoms with Crippen LogP contribution >= 0.6 is 12.4 Å². The topological polar surface area (TPSA) is 63.0 Å². The van der Waals surface area contributed by atoms with Crippen LogP contribution in [0.15, 0.2) is 27.4 Å². The van der Waals surface area contributed by atoms with Crippen molar-refractivity contribution in [3.8, 4) is 0 Å². The number of carbonyl (C=O) groups excluding carboxylic acids is 1. The van der Waals surface area contributed by atoms with E-state index in [-0.39, 0.29) is 29.5 Å². The Balaban J connectivity index is 0.00000210. The fourth-order valence-electron chi connectivity index (χ4n) is 4.18. The lowest BCUT2D eigenvalue weighted by molar-refractivity contribution is -0.103. The highest BCUT2D eigenvalue weighted by atomic mass is 35.5. The Kier molecular flexibility index (Phi) is 5.34. The van der Waals surface area contributed by atoms with E-state index in [1.165, 1.54) is 6.07 Å². The maximum Gasteiger partial charge on any atom is 0.292 e. The SMILES string of the molecule is Cc1cc(C)c2c(=O)cc(C(=O)N3CCOC34CCN(C)CC4)oc2c1.Cl. The van der Waals surface area contributed by atoms with Crippen LogP contribution in [-0.2, 0) is 4.74 Å². The van der Waals surface area contributed by atoms with Crippen LogP contribution in [0.5, 0.6) is 0 Å². The van der Waals surface area contributed by atoms with Crippen LogP contribution in [0.4, 0.5) is 0 Å². The number of hydrogen-bond donors (Lipinski definition) is 0. The van der Waals surface area contributed by atoms with Gasteiger partial charge in [0, 0.05) is 38.5 Å². The monoisotopic (exact) mass is 392 g/mol. The Morgan fingerprint density at radius 2 is 1.81 bits per heavy atom. The summed E-state index contributed by atoms with van der Waals surface area (Å²) in [7, 11) is 2.07. The van der Waals surface area contributed by atoms with Crippen molar-refractivity contribution in [2.45, 2.75) is 32.4 Å². The third-order valence-corrected chi connectivity index (χ3v) is 5.57. The minimum absolute atomic E-state index is 0. The molecule has 0 atom stereocenters. The summed E-state index contributed by atoms with van der Waals surface area (Å²) in [5.41, 5.74) is 1.59. The maximum absolute atomic E-state index is 13.2. The van der Waals surface area contributed by atoms with Gasteiger partial charge in [0.1, 0.15) is 11.3 Å². The number of benzene rings is 1. The Labute approximate surface area is 164 Å². The highest BCUT2D eigenvalue weighted by Gasteiger charge is 2.47. The molecule has 1 amide bonds. The van der Waals surface area contributed by atoms with E-state index >= 15 is 0 Å². The Bertz CT molecular complexity index is 931. The molecule has 0 bridgehead atoms. The van der Waals surface area contributed by atoms with E-state index in [0.29, 0.717) is 24.1 Å². The fourth-order valence-corrected chi connectivity index (χ4v) is 4.18. The minimum atomic E-state index is -0.570. The molecular weight excluding hydrogens is 368 g/mol. The number of halogens is 1. The summed E-state index contributed by atoms with van der Waals surface area (Å²) in [4.78, 5) is 29.8. The lowest BCUT2D eigenvalue weighted by atomic mass is 9.99. The van der Waals surface area contributed by atoms with Gasteiger partial charge in [-0.15, -0.1) is 12.4 Å². The first-order chi connectivity index (χ1) is 12.4. The average Bonchev–Trinajstić information content (AvgIpc) is 2.99. The predicted molar refractivity (Wildman–Crippen MR) is 106 cm³/mol. The second-order valence-corrected chi connectivity index (χ2v) is 7.48. The third-order valence-electron chi connectivity index (χ3n) is 5.57. The van der Waals surface area contributed by atoms with Crippen LogP contribution in [0.3, 0.4) is 0 Å². The molecule has 2 aliphatic rings. The first kappa shape index (κ1) is 19.9. The molecule has 0 unspecified atom stereocenters. The van der Waals surface area contributed by atoms with Crippen molar-refractivity contribution in [2.75, 3.05) is 33.3 Å². The van der Waals surface area contributed by atoms with Gasteiger partial charge in [0.2, 0.25) is 0 Å². The summed E-state index contributed by atoms with van der Waals surface area (Å²) < 4.78 is 11.9. The number of piperidine rings is 1. The molecule has 2 aromatic rings. The number of nitrogens with zero attached hydrogens (tertiary/aromatic N) is 2. The molecule has 2 aliphatic heterocycles. The zero-order valence-corrected chi connectivity index (χ0v) is 16.7. The number of rotatable bonds is 1. The van der Waals surface area contributed by atoms with Gasteiger partial charge < -0.3 is 19.0 Å². The highest BCUT2D eigenvalue weighted by Crippen LogP contribution is 2.35. The predicted octanol–water partition coefficient (Wildman–Crippen LogP) is 2.73. The van der Waals surface area contributed by atoms with E-state index in [0.717, 1.165) is 37.1 Å². The standard InChI is InChI=1S/C20H24N2O4.ClH/c1-13-10-14(2)18-15(23)12-17(26-16(18)11-13)19(24)22-8-9-25-20(22)4-6-21(3)7-5-20;/h10-12H,4-9H2,1-3H3;1H. The molecule has 2 saturated heterocycles. The van der Waals surface area contributed by atoms with E-state index in [1.54, 1.807) is 4.90 Å². The summed E-state index contributed by atoms with van der Waals surface area (Å²) in [5.74, 6) is -0.165. The summed E-state index contributed by atoms with van der Waals surface area (Å²) in [6.45, 7) is 6.63. The second-order valence-electron chi connectivity index (χ2n) is 7.48. The number of carbonyl (C=O) groups is 1. The second kappa shape index (κ2) is 7.26. The normalized spacial score (nSPS) is 19.4. The van der Waals surface area contributed by atoms with Gasteiger partial charge in [0.05, 0.1) is 12.0 Å². The van der Waals surface area contributed by atoms with Crippen molar-refractivity contribution < 1.29 is 13.9 Å². The molecule has 7 heteroatoms. The van der Waals surface area contributed by atoms with Crippen molar-refractivity contribution in [1.29, 1.82) is 0 Å². The first-order valence-electron chi connectivity index (χ1n) is 9.09. The molecule has 6 nitrogen and oxygen atoms in total. The number of fused-ring (bicyclic) bond motifs is 1. The van der Waals surface area contributed by atoms with Crippen molar-refractivity contribution in [1.82, 2.24) is 9.80 Å². The maximum atomic E-state index is 13.2. The lowest BCUT2D eigenvalue weighted by Crippen LogP contribution is -2.54. The summed E-state index contributed by atoms with van der Waals surface area (Å²) in [6.07, 6.45) is 1.54. The zero-order valence-electron chi connectivity index (χ0n) is 15.9. The number of ether oxygens (including phenoxy) is 1. The summed E-state index contributed by atoms with van der Waals surface area (Å²) in [5, 5.41) is 0.541. The van der Waals surface area contributed by atoms with Crippen LogP contribution < -0.4 is 5.43 Å². The van der Waals surface area contributed by atoms with Crippen LogP contribution in [0.2, 0.25) is 0 Å². The number of aryl methyl sites for hydroxylation is 2. The molecule has 1 aromatic carbocycles. The molecule has 2 fully saturated rings. The van der Waals surface area contributed by atoms with Gasteiger partial charge in [-0.25, -0.2) is 0 Å². The van der Waals surface area contributed by atoms with Gasteiger partial charge in [-0.05, 0) is 38.1 Å². The molecule has 1 aromatic heterocycles. The van der Waals surface area contributed by atoms with Crippen LogP contribution in [0.25, 0.3) is 11.0 Å². The molecule has 27 heavy (non-hydrogen) atoms. The molecule has 0 aliphatic carbocycles. The van der Waals surface area contributed by atoms with Gasteiger partial charge in [0.15, 0.2) is 11.2 Å². The van der Waals surface area contributed by atoms with E-state index in [1.807, 2.05) is 26.0 Å². The van der Waals surface area contributed by atoms with Crippen LogP contribution in [0.1, 0.15) is 34.5 Å². The minimum Gasteiger partial charge on any atom is -0.451 e. The van der Waals surface area contributed by atoms with Crippen molar-refractivity contribution in [3.05, 3.63) is 45.3 Å². The first-order valence-corrected chi connectivity index (χ1v) is 9.09. The van der Waals surface area contributed by atoms with E-state index in [9.17, 15) is 9.59 Å². The quantitative estimate of drug-likeness (QED) is 0.746. The van der Waals surface area contributed by atoms with Crippen LogP contribution in [-0.4, -0.2) is 54.7 Å². The van der Waals surface area contributed by atoms with E-state index in [2.05, 4.69) is 11.9 Å². The molecule has 146 valence electrons. The van der Waals surface area contributed by atoms with Gasteiger partial charge in [0.25, 0.3) is 5.91 Å². The van der Waals surface area contributed by atoms with Gasteiger partial charge >= 0.3 is 0 Å².